The number of esters is 3. The molecule has 3 aromatic carbocycles. The summed E-state index contributed by atoms with van der Waals surface area (Å²) in [4.78, 5) is 127. The van der Waals surface area contributed by atoms with E-state index in [1.807, 2.05) is 81.4 Å². The van der Waals surface area contributed by atoms with E-state index in [0.717, 1.165) is 117 Å². The molecule has 0 saturated carbocycles. The summed E-state index contributed by atoms with van der Waals surface area (Å²) in [6.07, 6.45) is 18.8. The Balaban J connectivity index is 0.00000138. The average Bonchev–Trinajstić information content (AvgIpc) is 0.807. The molecule has 6 aromatic rings. The summed E-state index contributed by atoms with van der Waals surface area (Å²) in [7, 11) is 2.63. The zero-order valence-corrected chi connectivity index (χ0v) is 81.6. The quantitative estimate of drug-likeness (QED) is 0.0201. The number of rotatable bonds is 16. The second-order valence-corrected chi connectivity index (χ2v) is 29.7. The van der Waals surface area contributed by atoms with E-state index >= 15 is 0 Å². The van der Waals surface area contributed by atoms with E-state index in [4.69, 9.17) is 48.9 Å². The van der Waals surface area contributed by atoms with Gasteiger partial charge >= 0.3 is 169 Å². The first-order chi connectivity index (χ1) is 54.0. The number of aryl methyl sites for hydroxylation is 3. The van der Waals surface area contributed by atoms with Crippen molar-refractivity contribution in [2.24, 2.45) is 23.7 Å². The van der Waals surface area contributed by atoms with Crippen LogP contribution in [0.5, 0.6) is 0 Å². The van der Waals surface area contributed by atoms with Crippen LogP contribution in [0.1, 0.15) is 113 Å². The molecule has 5 N–H and O–H groups in total. The van der Waals surface area contributed by atoms with Gasteiger partial charge in [-0.2, -0.15) is 0 Å². The number of carboxylic acids is 2. The van der Waals surface area contributed by atoms with Gasteiger partial charge in [-0.25, -0.2) is 24.0 Å². The number of Topliss-reactive ketones (excluding diaryl/α,β-unsaturated/α-hetero) is 2. The minimum absolute atomic E-state index is 0. The van der Waals surface area contributed by atoms with Crippen molar-refractivity contribution in [1.82, 2.24) is 13.7 Å². The molecule has 6 aliphatic rings. The first-order valence-corrected chi connectivity index (χ1v) is 39.5. The number of allylic oxidation sites excluding steroid dienone is 4. The van der Waals surface area contributed by atoms with Crippen LogP contribution >= 0.6 is 63.7 Å². The average molecular weight is 1940 g/mol. The number of pyridine rings is 3. The van der Waals surface area contributed by atoms with Crippen molar-refractivity contribution in [1.29, 1.82) is 0 Å². The number of hydrogen-bond donors (Lipinski definition) is 4. The Morgan fingerprint density at radius 1 is 0.504 bits per heavy atom. The number of aliphatic carboxylic acids is 1. The summed E-state index contributed by atoms with van der Waals surface area (Å²) in [6, 6.07) is 27.0. The summed E-state index contributed by atoms with van der Waals surface area (Å²) in [5.74, 6) is -1.43. The second-order valence-electron chi connectivity index (χ2n) is 26.5. The van der Waals surface area contributed by atoms with Gasteiger partial charge in [0, 0.05) is 120 Å². The van der Waals surface area contributed by atoms with Gasteiger partial charge in [-0.05, 0) is 191 Å². The fraction of sp³-hybridized carbons (Fsp3) is 0.395. The molecule has 0 radical (unpaired) electrons. The molecule has 4 saturated heterocycles. The molecule has 2 aliphatic carbocycles. The summed E-state index contributed by atoms with van der Waals surface area (Å²) in [6.45, 7) is 13.7. The number of ether oxygens (including phenoxy) is 7. The number of ketones is 2. The Hall–Kier alpha value is -4.43. The number of carboxylic acid groups (broad SMARTS) is 2. The van der Waals surface area contributed by atoms with Gasteiger partial charge in [0.25, 0.3) is 23.2 Å². The van der Waals surface area contributed by atoms with Crippen LogP contribution in [0.4, 0.5) is 0 Å². The molecule has 0 spiro atoms. The zero-order chi connectivity index (χ0) is 83.1. The van der Waals surface area contributed by atoms with Crippen molar-refractivity contribution in [3.8, 4) is 22.3 Å². The predicted octanol–water partition coefficient (Wildman–Crippen LogP) is 1.26. The number of carbonyl (C=O) groups is 8. The van der Waals surface area contributed by atoms with Gasteiger partial charge in [-0.1, -0.05) is 118 Å². The van der Waals surface area contributed by atoms with Gasteiger partial charge in [-0.15, -0.1) is 0 Å². The van der Waals surface area contributed by atoms with Gasteiger partial charge < -0.3 is 84.2 Å². The van der Waals surface area contributed by atoms with Gasteiger partial charge in [0.1, 0.15) is 0 Å². The maximum atomic E-state index is 13.0. The van der Waals surface area contributed by atoms with Crippen LogP contribution in [-0.4, -0.2) is 174 Å². The topological polar surface area (TPSA) is 410 Å². The molecule has 117 heavy (non-hydrogen) atoms. The summed E-state index contributed by atoms with van der Waals surface area (Å²) >= 11 is 12.7. The van der Waals surface area contributed by atoms with Crippen molar-refractivity contribution < 1.29 is 241 Å². The third kappa shape index (κ3) is 39.3. The monoisotopic (exact) mass is 1940 g/mol. The van der Waals surface area contributed by atoms with Crippen LogP contribution in [0.15, 0.2) is 173 Å². The predicted molar refractivity (Wildman–Crippen MR) is 438 cm³/mol. The Morgan fingerprint density at radius 3 is 1.14 bits per heavy atom. The molecule has 7 heterocycles. The van der Waals surface area contributed by atoms with Crippen LogP contribution in [0.25, 0.3) is 22.3 Å². The molecule has 28 nitrogen and oxygen atoms in total. The summed E-state index contributed by atoms with van der Waals surface area (Å²) < 4.78 is 41.2. The molecular formula is C81H95BBr4K2N3NaO25. The van der Waals surface area contributed by atoms with Crippen molar-refractivity contribution in [2.75, 3.05) is 79.5 Å². The van der Waals surface area contributed by atoms with E-state index < -0.39 is 37.0 Å². The van der Waals surface area contributed by atoms with E-state index in [1.165, 1.54) is 70.7 Å². The minimum Gasteiger partial charge on any atom is -1.00 e. The van der Waals surface area contributed by atoms with Crippen molar-refractivity contribution in [3.63, 3.8) is 0 Å². The fourth-order valence-corrected chi connectivity index (χ4v) is 13.5. The van der Waals surface area contributed by atoms with E-state index in [0.29, 0.717) is 97.3 Å². The number of alkyl halides is 1. The Bertz CT molecular complexity index is 4510. The molecule has 0 atom stereocenters. The summed E-state index contributed by atoms with van der Waals surface area (Å²) in [5, 5.41) is 44.8. The Morgan fingerprint density at radius 2 is 0.821 bits per heavy atom. The third-order valence-electron chi connectivity index (χ3n) is 18.2. The first-order valence-electron chi connectivity index (χ1n) is 36.0. The largest absolute Gasteiger partial charge is 1.00 e. The number of carbonyl (C=O) groups excluding carboxylic acids is 6. The number of hydrogen-bond acceptors (Lipinski definition) is 23. The fourth-order valence-electron chi connectivity index (χ4n) is 11.6. The normalized spacial score (nSPS) is 15.0. The zero-order valence-electron chi connectivity index (χ0n) is 68.0. The van der Waals surface area contributed by atoms with Gasteiger partial charge in [-0.3, -0.25) is 28.8 Å². The molecule has 618 valence electrons. The maximum absolute atomic E-state index is 13.0. The molecule has 3 aromatic heterocycles. The number of benzene rings is 3. The summed E-state index contributed by atoms with van der Waals surface area (Å²) in [5.41, 5.74) is 7.51. The van der Waals surface area contributed by atoms with E-state index in [9.17, 15) is 53.1 Å². The van der Waals surface area contributed by atoms with Crippen LogP contribution < -0.4 is 160 Å². The van der Waals surface area contributed by atoms with Crippen molar-refractivity contribution in [3.05, 3.63) is 223 Å². The molecule has 4 aliphatic heterocycles. The van der Waals surface area contributed by atoms with Crippen LogP contribution in [0, 0.1) is 44.4 Å². The number of methoxy groups -OCH3 is 3. The van der Waals surface area contributed by atoms with Crippen molar-refractivity contribution >= 4 is 124 Å². The van der Waals surface area contributed by atoms with Crippen LogP contribution in [-0.2, 0) is 81.7 Å². The smallest absolute Gasteiger partial charge is 1.00 e. The standard InChI is InChI=1S/C20H23NO4.C19H21NO4.C13H16BrNO4.C8H7BrO3.C7H9BO2.C7H5BrO3.C6H11BrO.CH2O3.2K.Na.H2O.H/c1-14-3-5-16(6-4-14)18-11-17(20(23)24-2)13-21(19(18)22)12-15-7-9-25-10-8-15;1-13-2-4-15(5-3-13)17-10-16(19(22)23)12-20(18(17)21)11-14-6-8-24-9-7-14;1-18-13(17)10-6-11(14)12(16)15(8-10)7-9-2-4-19-5-3-9;1-12-8(11)5-2-3-7(10)6(9)4-5;1-6-2-4-7(5-3-6)8(9)10;8-5-3-4(7(10)11)1-2-6(5)9;7-5-6-1-3-8-4-2-6;2-1-4-3;;;;;/h3-6,11,13,15H,7-10,12H2,1-2H3;2-5,10,12,14H,6-9,11H2,1H3,(H,22,23);6,8-9H,2-5,7H2,1H3;2,4H,3H2,1H3;2-5,9-10H,1H3;1,3H,2H2,(H,10,11);6H,1-5H2;1,3H;;;;1H2;/q;;;;;;;;3*+1;;-1/p-2. The van der Waals surface area contributed by atoms with Gasteiger partial charge in [0.2, 0.25) is 0 Å². The number of nitrogens with zero attached hydrogens (tertiary/aromatic N) is 3. The Labute approximate surface area is 821 Å². The minimum atomic E-state index is -1.35. The number of halogens is 4. The molecular weight excluding hydrogens is 1850 g/mol. The first kappa shape index (κ1) is 111. The maximum Gasteiger partial charge on any atom is 1.00 e. The SMILES string of the molecule is BrCC1CCOCC1.COC(=O)C1=CCC(=O)C(Br)=C1.COC(=O)c1cc(-c2ccc(C)cc2)c(=O)n(CC2CCOCC2)c1.COC(=O)c1cc(Br)c(=O)n(CC2CCOCC2)c1.Cc1ccc(-c2cc(C(=O)O)cn(CC3CCOCC3)c2=O)cc1.Cc1ccc(B(O)O)cc1.O=C(O)C1=CCC(=O)C(Br)=C1.O=CO[O-].[H-].[K+].[K+].[Na+].[OH-]. The van der Waals surface area contributed by atoms with E-state index in [2.05, 4.69) is 78.1 Å². The molecule has 0 bridgehead atoms. The third-order valence-corrected chi connectivity index (χ3v) is 21.0. The Kier molecular flexibility index (Phi) is 56.9. The molecule has 12 rings (SSSR count). The number of aromatic nitrogens is 3. The van der Waals surface area contributed by atoms with E-state index in [1.54, 1.807) is 50.4 Å². The molecule has 0 unspecified atom stereocenters. The van der Waals surface area contributed by atoms with Gasteiger partial charge in [0.05, 0.1) is 62.6 Å². The second kappa shape index (κ2) is 60.2. The number of aromatic carboxylic acids is 1. The van der Waals surface area contributed by atoms with Gasteiger partial charge in [0.15, 0.2) is 11.6 Å². The molecule has 36 heteroatoms. The molecule has 0 amide bonds. The van der Waals surface area contributed by atoms with Crippen LogP contribution in [0.2, 0.25) is 0 Å². The van der Waals surface area contributed by atoms with Crippen LogP contribution in [0.3, 0.4) is 0 Å². The molecule has 4 fully saturated rings. The van der Waals surface area contributed by atoms with Crippen molar-refractivity contribution in [2.45, 2.75) is 105 Å². The van der Waals surface area contributed by atoms with E-state index in [-0.39, 0.29) is 198 Å².